The third kappa shape index (κ3) is 7.84. The maximum atomic E-state index is 8.93. The Bertz CT molecular complexity index is 431. The van der Waals surface area contributed by atoms with Gasteiger partial charge in [-0.3, -0.25) is 0 Å². The molecule has 0 saturated carbocycles. The zero-order chi connectivity index (χ0) is 16.3. The molecule has 0 fully saturated rings. The van der Waals surface area contributed by atoms with Crippen molar-refractivity contribution in [3.63, 3.8) is 0 Å². The molecule has 1 aromatic rings. The molecule has 0 radical (unpaired) electrons. The Kier molecular flexibility index (Phi) is 10.6. The lowest BCUT2D eigenvalue weighted by atomic mass is 9.93. The van der Waals surface area contributed by atoms with E-state index in [9.17, 15) is 0 Å². The monoisotopic (exact) mass is 289 g/mol. The summed E-state index contributed by atoms with van der Waals surface area (Å²) in [7, 11) is 0. The van der Waals surface area contributed by atoms with E-state index < -0.39 is 0 Å². The fourth-order valence-corrected chi connectivity index (χ4v) is 2.26. The fraction of sp³-hybridized carbons (Fsp3) is 0.474. The minimum Gasteiger partial charge on any atom is -0.392 e. The van der Waals surface area contributed by atoms with Gasteiger partial charge in [0.05, 0.1) is 6.61 Å². The second-order valence-electron chi connectivity index (χ2n) is 5.50. The first-order chi connectivity index (χ1) is 9.97. The standard InChI is InChI=1S/C10H12O.C9H19N/c1-8(2)10-6-4-3-5-9(10)7-11;1-4-5-9(6-7-10)8(2)3/h3-6,11H,1,7H2,2H3;9H,2,4-7,10H2,1,3H3. The molecule has 0 aliphatic heterocycles. The molecule has 2 nitrogen and oxygen atoms in total. The van der Waals surface area contributed by atoms with Crippen molar-refractivity contribution in [1.29, 1.82) is 0 Å². The number of hydrogen-bond acceptors (Lipinski definition) is 2. The molecule has 1 atom stereocenters. The first-order valence-corrected chi connectivity index (χ1v) is 7.67. The Balaban J connectivity index is 0.000000384. The Morgan fingerprint density at radius 3 is 2.19 bits per heavy atom. The van der Waals surface area contributed by atoms with E-state index in [1.807, 2.05) is 31.2 Å². The van der Waals surface area contributed by atoms with Gasteiger partial charge in [-0.15, -0.1) is 0 Å². The normalized spacial score (nSPS) is 11.3. The highest BCUT2D eigenvalue weighted by atomic mass is 16.3. The van der Waals surface area contributed by atoms with Crippen molar-refractivity contribution in [1.82, 2.24) is 0 Å². The zero-order valence-corrected chi connectivity index (χ0v) is 13.9. The van der Waals surface area contributed by atoms with Crippen LogP contribution in [0.15, 0.2) is 43.0 Å². The highest BCUT2D eigenvalue weighted by Crippen LogP contribution is 2.18. The van der Waals surface area contributed by atoms with Gasteiger partial charge in [-0.25, -0.2) is 0 Å². The third-order valence-electron chi connectivity index (χ3n) is 3.50. The van der Waals surface area contributed by atoms with E-state index in [1.165, 1.54) is 18.4 Å². The molecule has 21 heavy (non-hydrogen) atoms. The van der Waals surface area contributed by atoms with Crippen molar-refractivity contribution in [3.05, 3.63) is 54.1 Å². The Hall–Kier alpha value is -1.38. The molecule has 3 N–H and O–H groups in total. The molecule has 0 spiro atoms. The van der Waals surface area contributed by atoms with Crippen molar-refractivity contribution in [2.45, 2.75) is 46.6 Å². The number of allylic oxidation sites excluding steroid dienone is 2. The van der Waals surface area contributed by atoms with Crippen molar-refractivity contribution in [2.24, 2.45) is 11.7 Å². The van der Waals surface area contributed by atoms with Gasteiger partial charge in [0.15, 0.2) is 0 Å². The van der Waals surface area contributed by atoms with Crippen molar-refractivity contribution >= 4 is 5.57 Å². The first kappa shape index (κ1) is 19.6. The lowest BCUT2D eigenvalue weighted by Crippen LogP contribution is -2.09. The molecule has 0 aliphatic carbocycles. The maximum absolute atomic E-state index is 8.93. The molecule has 0 aromatic heterocycles. The van der Waals surface area contributed by atoms with Crippen LogP contribution in [0.5, 0.6) is 0 Å². The topological polar surface area (TPSA) is 46.2 Å². The second-order valence-corrected chi connectivity index (χ2v) is 5.50. The summed E-state index contributed by atoms with van der Waals surface area (Å²) in [5.74, 6) is 0.662. The molecule has 1 unspecified atom stereocenters. The molecular formula is C19H31NO. The van der Waals surface area contributed by atoms with Gasteiger partial charge in [0, 0.05) is 0 Å². The molecule has 0 amide bonds. The quantitative estimate of drug-likeness (QED) is 0.724. The maximum Gasteiger partial charge on any atom is 0.0687 e. The highest BCUT2D eigenvalue weighted by Gasteiger charge is 2.05. The van der Waals surface area contributed by atoms with E-state index in [2.05, 4.69) is 27.0 Å². The van der Waals surface area contributed by atoms with Gasteiger partial charge in [-0.05, 0) is 50.3 Å². The minimum absolute atomic E-state index is 0.0863. The van der Waals surface area contributed by atoms with E-state index in [0.717, 1.165) is 29.7 Å². The van der Waals surface area contributed by atoms with Gasteiger partial charge in [0.1, 0.15) is 0 Å². The molecule has 118 valence electrons. The Labute approximate surface area is 130 Å². The van der Waals surface area contributed by atoms with Gasteiger partial charge in [-0.1, -0.05) is 61.9 Å². The van der Waals surface area contributed by atoms with Crippen LogP contribution in [0.1, 0.15) is 51.2 Å². The smallest absolute Gasteiger partial charge is 0.0687 e. The van der Waals surface area contributed by atoms with Crippen LogP contribution in [0.3, 0.4) is 0 Å². The van der Waals surface area contributed by atoms with E-state index in [0.29, 0.717) is 5.92 Å². The molecule has 0 saturated heterocycles. The minimum atomic E-state index is 0.0863. The van der Waals surface area contributed by atoms with Gasteiger partial charge >= 0.3 is 0 Å². The van der Waals surface area contributed by atoms with E-state index in [1.54, 1.807) is 0 Å². The van der Waals surface area contributed by atoms with Crippen LogP contribution in [0.25, 0.3) is 5.57 Å². The summed E-state index contributed by atoms with van der Waals surface area (Å²) in [4.78, 5) is 0. The SMILES string of the molecule is C=C(C)C(CCC)CCN.C=C(C)c1ccccc1CO. The summed E-state index contributed by atoms with van der Waals surface area (Å²) in [6, 6.07) is 7.74. The van der Waals surface area contributed by atoms with Crippen LogP contribution < -0.4 is 5.73 Å². The van der Waals surface area contributed by atoms with Crippen LogP contribution in [-0.2, 0) is 6.61 Å². The largest absolute Gasteiger partial charge is 0.392 e. The van der Waals surface area contributed by atoms with E-state index in [4.69, 9.17) is 10.8 Å². The number of hydrogen-bond donors (Lipinski definition) is 2. The predicted octanol–water partition coefficient (Wildman–Crippen LogP) is 4.54. The second kappa shape index (κ2) is 11.3. The molecule has 0 bridgehead atoms. The Morgan fingerprint density at radius 2 is 1.81 bits per heavy atom. The summed E-state index contributed by atoms with van der Waals surface area (Å²) in [6.07, 6.45) is 3.58. The summed E-state index contributed by atoms with van der Waals surface area (Å²) < 4.78 is 0. The van der Waals surface area contributed by atoms with E-state index >= 15 is 0 Å². The van der Waals surface area contributed by atoms with E-state index in [-0.39, 0.29) is 6.61 Å². The summed E-state index contributed by atoms with van der Waals surface area (Å²) >= 11 is 0. The number of rotatable bonds is 7. The number of aliphatic hydroxyl groups excluding tert-OH is 1. The Morgan fingerprint density at radius 1 is 1.19 bits per heavy atom. The van der Waals surface area contributed by atoms with Gasteiger partial charge in [0.25, 0.3) is 0 Å². The fourth-order valence-electron chi connectivity index (χ4n) is 2.26. The molecular weight excluding hydrogens is 258 g/mol. The lowest BCUT2D eigenvalue weighted by molar-refractivity contribution is 0.281. The van der Waals surface area contributed by atoms with Crippen LogP contribution in [0, 0.1) is 5.92 Å². The average molecular weight is 289 g/mol. The average Bonchev–Trinajstić information content (AvgIpc) is 2.47. The molecule has 0 heterocycles. The number of benzene rings is 1. The van der Waals surface area contributed by atoms with Crippen LogP contribution in [-0.4, -0.2) is 11.7 Å². The van der Waals surface area contributed by atoms with Crippen molar-refractivity contribution < 1.29 is 5.11 Å². The number of aliphatic hydroxyl groups is 1. The molecule has 1 rings (SSSR count). The first-order valence-electron chi connectivity index (χ1n) is 7.67. The van der Waals surface area contributed by atoms with Gasteiger partial charge < -0.3 is 10.8 Å². The number of nitrogens with two attached hydrogens (primary N) is 1. The summed E-state index contributed by atoms with van der Waals surface area (Å²) in [6.45, 7) is 14.9. The third-order valence-corrected chi connectivity index (χ3v) is 3.50. The molecule has 1 aromatic carbocycles. The van der Waals surface area contributed by atoms with Crippen LogP contribution in [0.2, 0.25) is 0 Å². The molecule has 0 aliphatic rings. The predicted molar refractivity (Wildman–Crippen MR) is 94.0 cm³/mol. The van der Waals surface area contributed by atoms with Gasteiger partial charge in [-0.2, -0.15) is 0 Å². The van der Waals surface area contributed by atoms with Crippen molar-refractivity contribution in [3.8, 4) is 0 Å². The highest BCUT2D eigenvalue weighted by molar-refractivity contribution is 5.64. The summed E-state index contributed by atoms with van der Waals surface area (Å²) in [5.41, 5.74) is 9.73. The summed E-state index contributed by atoms with van der Waals surface area (Å²) in [5, 5.41) is 8.93. The molecule has 2 heteroatoms. The van der Waals surface area contributed by atoms with Crippen LogP contribution in [0.4, 0.5) is 0 Å². The zero-order valence-electron chi connectivity index (χ0n) is 13.9. The van der Waals surface area contributed by atoms with Gasteiger partial charge in [0.2, 0.25) is 0 Å². The van der Waals surface area contributed by atoms with Crippen molar-refractivity contribution in [2.75, 3.05) is 6.54 Å². The lowest BCUT2D eigenvalue weighted by Gasteiger charge is -2.13. The van der Waals surface area contributed by atoms with Crippen LogP contribution >= 0.6 is 0 Å².